The summed E-state index contributed by atoms with van der Waals surface area (Å²) in [5.41, 5.74) is 2.31. The molecule has 1 atom stereocenters. The number of pyridine rings is 1. The third kappa shape index (κ3) is 3.59. The van der Waals surface area contributed by atoms with E-state index >= 15 is 0 Å². The molecule has 2 aromatic heterocycles. The average molecular weight is 378 g/mol. The molecule has 6 heteroatoms. The Morgan fingerprint density at radius 2 is 1.89 bits per heavy atom. The van der Waals surface area contributed by atoms with Gasteiger partial charge in [0.15, 0.2) is 5.65 Å². The van der Waals surface area contributed by atoms with E-state index in [0.717, 1.165) is 36.8 Å². The number of hydrogen-bond donors (Lipinski definition) is 1. The first-order chi connectivity index (χ1) is 13.6. The summed E-state index contributed by atoms with van der Waals surface area (Å²) in [6, 6.07) is 13.6. The molecule has 1 aliphatic carbocycles. The molecule has 0 unspecified atom stereocenters. The lowest BCUT2D eigenvalue weighted by Gasteiger charge is -2.22. The van der Waals surface area contributed by atoms with Crippen LogP contribution < -0.4 is 11.0 Å². The minimum atomic E-state index is -0.176. The van der Waals surface area contributed by atoms with Gasteiger partial charge in [0, 0.05) is 12.2 Å². The highest BCUT2D eigenvalue weighted by Crippen LogP contribution is 2.29. The lowest BCUT2D eigenvalue weighted by molar-refractivity contribution is -0.122. The van der Waals surface area contributed by atoms with Gasteiger partial charge in [0.2, 0.25) is 5.91 Å². The highest BCUT2D eigenvalue weighted by atomic mass is 16.2. The van der Waals surface area contributed by atoms with Crippen molar-refractivity contribution in [3.8, 4) is 0 Å². The van der Waals surface area contributed by atoms with E-state index < -0.39 is 0 Å². The van der Waals surface area contributed by atoms with Crippen LogP contribution in [0.5, 0.6) is 0 Å². The van der Waals surface area contributed by atoms with Crippen LogP contribution in [0.4, 0.5) is 0 Å². The number of amides is 1. The van der Waals surface area contributed by atoms with E-state index in [1.54, 1.807) is 10.8 Å². The third-order valence-corrected chi connectivity index (χ3v) is 5.64. The molecule has 0 aliphatic heterocycles. The molecule has 2 heterocycles. The summed E-state index contributed by atoms with van der Waals surface area (Å²) in [5.74, 6) is -0.176. The second-order valence-corrected chi connectivity index (χ2v) is 7.58. The number of imidazole rings is 1. The summed E-state index contributed by atoms with van der Waals surface area (Å²) < 4.78 is 3.37. The van der Waals surface area contributed by atoms with Gasteiger partial charge in [-0.15, -0.1) is 0 Å². The number of fused-ring (bicyclic) bond motifs is 1. The van der Waals surface area contributed by atoms with E-state index in [1.807, 2.05) is 54.0 Å². The Balaban J connectivity index is 1.61. The number of rotatable bonds is 5. The number of aromatic nitrogens is 3. The summed E-state index contributed by atoms with van der Waals surface area (Å²) in [7, 11) is 0. The molecular weight excluding hydrogens is 352 g/mol. The molecule has 28 heavy (non-hydrogen) atoms. The fourth-order valence-electron chi connectivity index (χ4n) is 4.19. The molecule has 1 saturated carbocycles. The fraction of sp³-hybridized carbons (Fsp3) is 0.409. The van der Waals surface area contributed by atoms with E-state index in [1.165, 1.54) is 6.42 Å². The Bertz CT molecular complexity index is 1020. The maximum atomic E-state index is 13.2. The zero-order valence-electron chi connectivity index (χ0n) is 16.2. The van der Waals surface area contributed by atoms with Crippen molar-refractivity contribution < 1.29 is 4.79 Å². The highest BCUT2D eigenvalue weighted by Gasteiger charge is 2.24. The summed E-state index contributed by atoms with van der Waals surface area (Å²) in [6.45, 7) is 1.95. The lowest BCUT2D eigenvalue weighted by Crippen LogP contribution is -2.35. The standard InChI is InChI=1S/C22H26N4O2/c1-16(17-9-4-2-5-10-17)24-20(27)15-25-19-13-8-14-23-21(19)26(22(25)28)18-11-6-3-7-12-18/h2,4-5,8-10,13-14,16,18H,3,6-7,11-12,15H2,1H3,(H,24,27)/t16-/m1/s1. The smallest absolute Gasteiger partial charge is 0.331 e. The zero-order chi connectivity index (χ0) is 19.5. The van der Waals surface area contributed by atoms with Crippen LogP contribution in [0.1, 0.15) is 56.7 Å². The maximum absolute atomic E-state index is 13.2. The number of nitrogens with one attached hydrogen (secondary N) is 1. The molecule has 4 rings (SSSR count). The van der Waals surface area contributed by atoms with Crippen LogP contribution in [0, 0.1) is 0 Å². The van der Waals surface area contributed by atoms with Crippen LogP contribution in [-0.2, 0) is 11.3 Å². The molecule has 6 nitrogen and oxygen atoms in total. The second-order valence-electron chi connectivity index (χ2n) is 7.58. The minimum Gasteiger partial charge on any atom is -0.348 e. The predicted octanol–water partition coefficient (Wildman–Crippen LogP) is 3.58. The normalized spacial score (nSPS) is 16.2. The van der Waals surface area contributed by atoms with E-state index in [-0.39, 0.29) is 30.2 Å². The summed E-state index contributed by atoms with van der Waals surface area (Å²) in [5, 5.41) is 3.00. The highest BCUT2D eigenvalue weighted by molar-refractivity contribution is 5.79. The molecule has 146 valence electrons. The first-order valence-corrected chi connectivity index (χ1v) is 10.0. The van der Waals surface area contributed by atoms with Gasteiger partial charge < -0.3 is 5.32 Å². The van der Waals surface area contributed by atoms with E-state index in [4.69, 9.17) is 0 Å². The largest absolute Gasteiger partial charge is 0.348 e. The van der Waals surface area contributed by atoms with Crippen molar-refractivity contribution in [2.24, 2.45) is 0 Å². The number of benzene rings is 1. The summed E-state index contributed by atoms with van der Waals surface area (Å²) in [6.07, 6.45) is 7.18. The number of nitrogens with zero attached hydrogens (tertiary/aromatic N) is 3. The van der Waals surface area contributed by atoms with Gasteiger partial charge in [0.25, 0.3) is 0 Å². The van der Waals surface area contributed by atoms with Crippen LogP contribution >= 0.6 is 0 Å². The van der Waals surface area contributed by atoms with Crippen LogP contribution in [0.2, 0.25) is 0 Å². The molecule has 1 amide bonds. The number of carbonyl (C=O) groups is 1. The fourth-order valence-corrected chi connectivity index (χ4v) is 4.19. The molecule has 0 saturated heterocycles. The zero-order valence-corrected chi connectivity index (χ0v) is 16.2. The topological polar surface area (TPSA) is 68.9 Å². The molecular formula is C22H26N4O2. The minimum absolute atomic E-state index is 0.00206. The maximum Gasteiger partial charge on any atom is 0.331 e. The SMILES string of the molecule is C[C@@H](NC(=O)Cn1c(=O)n(C2CCCCC2)c2ncccc21)c1ccccc1. The molecule has 1 N–H and O–H groups in total. The van der Waals surface area contributed by atoms with E-state index in [9.17, 15) is 9.59 Å². The molecule has 1 aliphatic rings. The Labute approximate surface area is 164 Å². The average Bonchev–Trinajstić information content (AvgIpc) is 3.01. The summed E-state index contributed by atoms with van der Waals surface area (Å²) >= 11 is 0. The van der Waals surface area contributed by atoms with Crippen molar-refractivity contribution in [1.82, 2.24) is 19.4 Å². The van der Waals surface area contributed by atoms with Crippen molar-refractivity contribution >= 4 is 17.1 Å². The van der Waals surface area contributed by atoms with Crippen molar-refractivity contribution in [2.75, 3.05) is 0 Å². The van der Waals surface area contributed by atoms with Crippen molar-refractivity contribution in [1.29, 1.82) is 0 Å². The molecule has 0 radical (unpaired) electrons. The van der Waals surface area contributed by atoms with Gasteiger partial charge in [-0.1, -0.05) is 49.6 Å². The van der Waals surface area contributed by atoms with Crippen molar-refractivity contribution in [3.05, 3.63) is 64.7 Å². The molecule has 1 aromatic carbocycles. The monoisotopic (exact) mass is 378 g/mol. The third-order valence-electron chi connectivity index (χ3n) is 5.64. The van der Waals surface area contributed by atoms with Gasteiger partial charge in [-0.2, -0.15) is 0 Å². The van der Waals surface area contributed by atoms with Crippen molar-refractivity contribution in [3.63, 3.8) is 0 Å². The molecule has 0 spiro atoms. The van der Waals surface area contributed by atoms with Gasteiger partial charge in [0.1, 0.15) is 6.54 Å². The first-order valence-electron chi connectivity index (χ1n) is 10.0. The molecule has 0 bridgehead atoms. The molecule has 1 fully saturated rings. The van der Waals surface area contributed by atoms with E-state index in [0.29, 0.717) is 5.65 Å². The summed E-state index contributed by atoms with van der Waals surface area (Å²) in [4.78, 5) is 30.3. The first kappa shape index (κ1) is 18.5. The number of carbonyl (C=O) groups excluding carboxylic acids is 1. The van der Waals surface area contributed by atoms with Crippen LogP contribution in [0.15, 0.2) is 53.5 Å². The Morgan fingerprint density at radius 1 is 1.14 bits per heavy atom. The van der Waals surface area contributed by atoms with Crippen LogP contribution in [0.3, 0.4) is 0 Å². The lowest BCUT2D eigenvalue weighted by atomic mass is 9.95. The second kappa shape index (κ2) is 8.00. The van der Waals surface area contributed by atoms with Crippen LogP contribution in [0.25, 0.3) is 11.2 Å². The van der Waals surface area contributed by atoms with Gasteiger partial charge in [-0.05, 0) is 37.5 Å². The predicted molar refractivity (Wildman–Crippen MR) is 109 cm³/mol. The van der Waals surface area contributed by atoms with Gasteiger partial charge in [-0.3, -0.25) is 13.9 Å². The number of hydrogen-bond acceptors (Lipinski definition) is 3. The van der Waals surface area contributed by atoms with Gasteiger partial charge in [-0.25, -0.2) is 9.78 Å². The van der Waals surface area contributed by atoms with Gasteiger partial charge in [0.05, 0.1) is 11.6 Å². The van der Waals surface area contributed by atoms with Gasteiger partial charge >= 0.3 is 5.69 Å². The van der Waals surface area contributed by atoms with Crippen molar-refractivity contribution in [2.45, 2.75) is 57.7 Å². The quantitative estimate of drug-likeness (QED) is 0.738. The van der Waals surface area contributed by atoms with Crippen LogP contribution in [-0.4, -0.2) is 20.0 Å². The Kier molecular flexibility index (Phi) is 5.28. The van der Waals surface area contributed by atoms with E-state index in [2.05, 4.69) is 10.3 Å². The Hall–Kier alpha value is -2.89. The molecule has 3 aromatic rings. The Morgan fingerprint density at radius 3 is 2.64 bits per heavy atom.